The van der Waals surface area contributed by atoms with Crippen LogP contribution in [-0.2, 0) is 19.9 Å². The molecule has 0 saturated heterocycles. The molecule has 0 aliphatic heterocycles. The quantitative estimate of drug-likeness (QED) is 0.211. The molecule has 0 heterocycles. The van der Waals surface area contributed by atoms with Gasteiger partial charge in [-0.1, -0.05) is 107 Å². The Morgan fingerprint density at radius 3 is 1.35 bits per heavy atom. The molecule has 0 saturated carbocycles. The van der Waals surface area contributed by atoms with E-state index >= 15 is 0 Å². The zero-order valence-electron chi connectivity index (χ0n) is 27.3. The van der Waals surface area contributed by atoms with Gasteiger partial charge in [0.15, 0.2) is 9.84 Å². The number of hydrogen-bond donors (Lipinski definition) is 1. The van der Waals surface area contributed by atoms with Gasteiger partial charge in [0, 0.05) is 22.7 Å². The molecule has 0 atom stereocenters. The molecule has 0 radical (unpaired) electrons. The Morgan fingerprint density at radius 2 is 0.896 bits per heavy atom. The van der Waals surface area contributed by atoms with Crippen molar-refractivity contribution in [2.75, 3.05) is 6.26 Å². The highest BCUT2D eigenvalue weighted by Gasteiger charge is 2.28. The molecule has 5 nitrogen and oxygen atoms in total. The van der Waals surface area contributed by atoms with Crippen LogP contribution in [0.5, 0.6) is 0 Å². The van der Waals surface area contributed by atoms with Gasteiger partial charge in [-0.15, -0.1) is 0 Å². The summed E-state index contributed by atoms with van der Waals surface area (Å²) in [5, 5.41) is 0. The Balaban J connectivity index is 0.000000188. The molecule has 0 unspecified atom stereocenters. The molecule has 0 spiro atoms. The van der Waals surface area contributed by atoms with E-state index in [0.29, 0.717) is 10.6 Å². The molecule has 0 aromatic heterocycles. The maximum Gasteiger partial charge on any atom is 0.261 e. The van der Waals surface area contributed by atoms with Crippen LogP contribution >= 0.6 is 0 Å². The molecular weight excluding hydrogens is 649 g/mol. The van der Waals surface area contributed by atoms with E-state index in [0.717, 1.165) is 33.4 Å². The first-order valence-corrected chi connectivity index (χ1v) is 18.6. The zero-order valence-corrected chi connectivity index (χ0v) is 29.0. The second-order valence-corrected chi connectivity index (χ2v) is 16.8. The smallest absolute Gasteiger partial charge is 0.261 e. The van der Waals surface area contributed by atoms with Gasteiger partial charge >= 0.3 is 0 Å². The third-order valence-corrected chi connectivity index (χ3v) is 10.4. The third kappa shape index (κ3) is 8.27. The van der Waals surface area contributed by atoms with Gasteiger partial charge in [0.25, 0.3) is 10.0 Å². The van der Waals surface area contributed by atoms with Crippen LogP contribution in [0.1, 0.15) is 44.4 Å². The SMILES string of the molecule is CC1(C)C=C(NS(=O)(=O)c2ccccc2)C(c2ccc(F)cc2)=C1.CC1(C)C=C(c2ccc(F)cc2)C(c2ccc(S(C)(=O)=O)cc2)=C1. The van der Waals surface area contributed by atoms with Gasteiger partial charge in [-0.3, -0.25) is 4.72 Å². The van der Waals surface area contributed by atoms with E-state index in [9.17, 15) is 25.6 Å². The second kappa shape index (κ2) is 13.1. The molecule has 4 aromatic rings. The second-order valence-electron chi connectivity index (χ2n) is 13.1. The average molecular weight is 686 g/mol. The first kappa shape index (κ1) is 34.7. The highest BCUT2D eigenvalue weighted by Crippen LogP contribution is 2.44. The van der Waals surface area contributed by atoms with Crippen molar-refractivity contribution in [3.05, 3.63) is 161 Å². The number of hydrogen-bond acceptors (Lipinski definition) is 4. The molecule has 1 N–H and O–H groups in total. The van der Waals surface area contributed by atoms with Crippen LogP contribution in [0.25, 0.3) is 16.7 Å². The van der Waals surface area contributed by atoms with E-state index in [1.54, 1.807) is 66.7 Å². The predicted octanol–water partition coefficient (Wildman–Crippen LogP) is 8.85. The molecule has 2 aliphatic rings. The Bertz CT molecular complexity index is 2160. The van der Waals surface area contributed by atoms with Gasteiger partial charge in [0.2, 0.25) is 0 Å². The number of sulfonamides is 1. The molecule has 9 heteroatoms. The van der Waals surface area contributed by atoms with Gasteiger partial charge in [0.1, 0.15) is 11.6 Å². The number of benzene rings is 4. The summed E-state index contributed by atoms with van der Waals surface area (Å²) < 4.78 is 77.5. The monoisotopic (exact) mass is 685 g/mol. The summed E-state index contributed by atoms with van der Waals surface area (Å²) in [6, 6.07) is 27.6. The Labute approximate surface area is 282 Å². The summed E-state index contributed by atoms with van der Waals surface area (Å²) >= 11 is 0. The maximum atomic E-state index is 13.2. The third-order valence-electron chi connectivity index (χ3n) is 7.85. The minimum atomic E-state index is -3.68. The number of nitrogens with one attached hydrogen (secondary N) is 1. The summed E-state index contributed by atoms with van der Waals surface area (Å²) in [7, 11) is -6.89. The average Bonchev–Trinajstić information content (AvgIpc) is 3.52. The van der Waals surface area contributed by atoms with E-state index in [4.69, 9.17) is 0 Å². The van der Waals surface area contributed by atoms with Crippen LogP contribution in [0, 0.1) is 22.5 Å². The largest absolute Gasteiger partial charge is 0.279 e. The molecule has 6 rings (SSSR count). The van der Waals surface area contributed by atoms with Crippen molar-refractivity contribution in [1.29, 1.82) is 0 Å². The fraction of sp³-hybridized carbons (Fsp3) is 0.179. The van der Waals surface area contributed by atoms with Crippen molar-refractivity contribution in [1.82, 2.24) is 4.72 Å². The number of rotatable bonds is 7. The van der Waals surface area contributed by atoms with E-state index in [-0.39, 0.29) is 27.4 Å². The predicted molar refractivity (Wildman–Crippen MR) is 189 cm³/mol. The molecular formula is C39H37F2NO4S2. The van der Waals surface area contributed by atoms with E-state index in [2.05, 4.69) is 30.7 Å². The minimum Gasteiger partial charge on any atom is -0.279 e. The zero-order chi connectivity index (χ0) is 34.9. The van der Waals surface area contributed by atoms with Gasteiger partial charge < -0.3 is 0 Å². The maximum absolute atomic E-state index is 13.2. The summed E-state index contributed by atoms with van der Waals surface area (Å²) in [5.41, 5.74) is 5.58. The van der Waals surface area contributed by atoms with Gasteiger partial charge in [-0.25, -0.2) is 25.6 Å². The Hall–Kier alpha value is -4.60. The van der Waals surface area contributed by atoms with Crippen molar-refractivity contribution >= 4 is 36.6 Å². The van der Waals surface area contributed by atoms with E-state index < -0.39 is 19.9 Å². The van der Waals surface area contributed by atoms with Crippen LogP contribution < -0.4 is 4.72 Å². The topological polar surface area (TPSA) is 80.3 Å². The lowest BCUT2D eigenvalue weighted by Gasteiger charge is -2.13. The van der Waals surface area contributed by atoms with Crippen LogP contribution in [0.4, 0.5) is 8.78 Å². The normalized spacial score (nSPS) is 16.6. The molecule has 0 amide bonds. The Morgan fingerprint density at radius 1 is 0.500 bits per heavy atom. The fourth-order valence-electron chi connectivity index (χ4n) is 5.63. The van der Waals surface area contributed by atoms with Gasteiger partial charge in [-0.2, -0.15) is 0 Å². The first-order chi connectivity index (χ1) is 22.4. The molecule has 2 aliphatic carbocycles. The van der Waals surface area contributed by atoms with Gasteiger partial charge in [0.05, 0.1) is 15.5 Å². The highest BCUT2D eigenvalue weighted by atomic mass is 32.2. The van der Waals surface area contributed by atoms with Crippen molar-refractivity contribution in [2.24, 2.45) is 10.8 Å². The summed E-state index contributed by atoms with van der Waals surface area (Å²) in [4.78, 5) is 0.505. The van der Waals surface area contributed by atoms with Crippen LogP contribution in [0.3, 0.4) is 0 Å². The highest BCUT2D eigenvalue weighted by molar-refractivity contribution is 7.90. The first-order valence-electron chi connectivity index (χ1n) is 15.2. The van der Waals surface area contributed by atoms with E-state index in [1.165, 1.54) is 30.5 Å². The van der Waals surface area contributed by atoms with Gasteiger partial charge in [-0.05, 0) is 76.4 Å². The molecule has 248 valence electrons. The fourth-order valence-corrected chi connectivity index (χ4v) is 7.35. The number of allylic oxidation sites excluding steroid dienone is 7. The lowest BCUT2D eigenvalue weighted by Crippen LogP contribution is -2.23. The lowest BCUT2D eigenvalue weighted by atomic mass is 9.95. The molecule has 0 fully saturated rings. The van der Waals surface area contributed by atoms with Crippen molar-refractivity contribution in [3.63, 3.8) is 0 Å². The summed E-state index contributed by atoms with van der Waals surface area (Å²) in [5.74, 6) is -0.591. The molecule has 4 aromatic carbocycles. The molecule has 0 bridgehead atoms. The molecule has 48 heavy (non-hydrogen) atoms. The lowest BCUT2D eigenvalue weighted by molar-refractivity contribution is 0.588. The standard InChI is InChI=1S/C20H19FO2S.C19H18FNO2S/c1-20(2)12-18(14-4-8-16(21)9-5-14)19(13-20)15-6-10-17(11-7-15)24(3,22)23;1-19(2)12-17(14-8-10-15(20)11-9-14)18(13-19)21-24(22,23)16-6-4-3-5-7-16/h4-13H,1-3H3;3-13,21H,1-2H3. The van der Waals surface area contributed by atoms with E-state index in [1.807, 2.05) is 38.1 Å². The minimum absolute atomic E-state index is 0.117. The summed E-state index contributed by atoms with van der Waals surface area (Å²) in [6.07, 6.45) is 9.35. The van der Waals surface area contributed by atoms with Crippen LogP contribution in [0.2, 0.25) is 0 Å². The number of sulfone groups is 1. The Kier molecular flexibility index (Phi) is 9.50. The van der Waals surface area contributed by atoms with Crippen LogP contribution in [-0.4, -0.2) is 23.1 Å². The number of halogens is 2. The van der Waals surface area contributed by atoms with Crippen LogP contribution in [0.15, 0.2) is 143 Å². The van der Waals surface area contributed by atoms with Crippen molar-refractivity contribution < 1.29 is 25.6 Å². The summed E-state index contributed by atoms with van der Waals surface area (Å²) in [6.45, 7) is 8.18. The van der Waals surface area contributed by atoms with Crippen molar-refractivity contribution in [3.8, 4) is 0 Å². The van der Waals surface area contributed by atoms with Crippen molar-refractivity contribution in [2.45, 2.75) is 37.5 Å².